The zero-order chi connectivity index (χ0) is 49.7. The molecule has 0 bridgehead atoms. The Kier molecular flexibility index (Phi) is 25.3. The van der Waals surface area contributed by atoms with Gasteiger partial charge in [-0.05, 0) is 6.42 Å². The maximum Gasteiger partial charge on any atom is 0.481 e. The number of thiol groups is 1. The van der Waals surface area contributed by atoms with Gasteiger partial charge in [0.2, 0.25) is 5.91 Å². The number of hydrogen-bond acceptors (Lipinski definition) is 18. The number of nitrogens with two attached hydrogens (primary N) is 1. The summed E-state index contributed by atoms with van der Waals surface area (Å²) in [5.41, 5.74) is 4.34. The van der Waals surface area contributed by atoms with Gasteiger partial charge < -0.3 is 50.5 Å². The maximum absolute atomic E-state index is 13.5. The number of hydrogen-bond donors (Lipinski definition) is 9. The molecule has 3 heterocycles. The van der Waals surface area contributed by atoms with E-state index in [0.29, 0.717) is 18.7 Å². The first kappa shape index (κ1) is 58.7. The lowest BCUT2D eigenvalue weighted by Crippen LogP contribution is -2.49. The van der Waals surface area contributed by atoms with Gasteiger partial charge in [0.05, 0.1) is 19.5 Å². The Morgan fingerprint density at radius 2 is 1.43 bits per heavy atom. The van der Waals surface area contributed by atoms with E-state index in [0.717, 1.165) is 49.3 Å². The van der Waals surface area contributed by atoms with Gasteiger partial charge in [-0.3, -0.25) is 32.5 Å². The fourth-order valence-corrected chi connectivity index (χ4v) is 10.1. The minimum absolute atomic E-state index is 0.0256. The van der Waals surface area contributed by atoms with E-state index in [1.54, 1.807) is 0 Å². The van der Waals surface area contributed by atoms with Gasteiger partial charge in [-0.1, -0.05) is 111 Å². The Bertz CT molecular complexity index is 2000. The molecule has 1 saturated heterocycles. The molecule has 0 radical (unpaired) electrons. The number of fused-ring (bicyclic) bond motifs is 1. The molecule has 67 heavy (non-hydrogen) atoms. The molecule has 1 aliphatic rings. The summed E-state index contributed by atoms with van der Waals surface area (Å²) in [5.74, 6) is -1.60. The number of imidazole rings is 1. The second-order valence-corrected chi connectivity index (χ2v) is 21.6. The molecule has 28 heteroatoms. The summed E-state index contributed by atoms with van der Waals surface area (Å²) in [5, 5.41) is 16.1. The van der Waals surface area contributed by atoms with Crippen molar-refractivity contribution in [2.75, 3.05) is 37.8 Å². The maximum atomic E-state index is 13.5. The van der Waals surface area contributed by atoms with Crippen LogP contribution in [0.1, 0.15) is 136 Å². The second kappa shape index (κ2) is 28.9. The van der Waals surface area contributed by atoms with E-state index in [-0.39, 0.29) is 42.3 Å². The highest BCUT2D eigenvalue weighted by Gasteiger charge is 2.50. The Morgan fingerprint density at radius 1 is 0.851 bits per heavy atom. The third-order valence-corrected chi connectivity index (χ3v) is 14.0. The summed E-state index contributed by atoms with van der Waals surface area (Å²) < 4.78 is 69.3. The van der Waals surface area contributed by atoms with Crippen molar-refractivity contribution in [2.45, 2.75) is 161 Å². The number of esters is 1. The van der Waals surface area contributed by atoms with Crippen molar-refractivity contribution in [3.8, 4) is 0 Å². The lowest BCUT2D eigenvalue weighted by atomic mass is 9.86. The average Bonchev–Trinajstić information content (AvgIpc) is 3.81. The minimum atomic E-state index is -5.62. The van der Waals surface area contributed by atoms with Crippen LogP contribution in [0.15, 0.2) is 12.7 Å². The molecule has 2 amide bonds. The van der Waals surface area contributed by atoms with E-state index >= 15 is 0 Å². The molecule has 0 saturated carbocycles. The SMILES string of the molecule is CCCCCCCCCCCCCCCCCC(=O)O[C@@H](C(=O)NCCC(=O)NCCS)C(C)(C)COP(=O)(O)OP(=O)(O)OC[C@H]1O[C@@H](n2cnc3c(N)ncnc32)[C@H](O)[C@@H]1OP(=O)(O)O. The molecule has 24 nitrogen and oxygen atoms in total. The number of rotatable bonds is 35. The fraction of sp³-hybridized carbons (Fsp3) is 0.795. The Labute approximate surface area is 396 Å². The third kappa shape index (κ3) is 21.5. The van der Waals surface area contributed by atoms with Gasteiger partial charge in [0.25, 0.3) is 5.91 Å². The molecule has 384 valence electrons. The van der Waals surface area contributed by atoms with Crippen LogP contribution in [0.2, 0.25) is 0 Å². The number of nitrogen functional groups attached to an aromatic ring is 1. The van der Waals surface area contributed by atoms with Gasteiger partial charge in [-0.2, -0.15) is 16.9 Å². The number of ether oxygens (including phenoxy) is 2. The number of unbranched alkanes of at least 4 members (excludes halogenated alkanes) is 14. The molecule has 0 spiro atoms. The van der Waals surface area contributed by atoms with Crippen molar-refractivity contribution in [3.05, 3.63) is 12.7 Å². The molecule has 9 N–H and O–H groups in total. The zero-order valence-electron chi connectivity index (χ0n) is 38.4. The number of nitrogens with one attached hydrogen (secondary N) is 2. The first-order valence-electron chi connectivity index (χ1n) is 22.6. The lowest BCUT2D eigenvalue weighted by molar-refractivity contribution is -0.165. The van der Waals surface area contributed by atoms with Gasteiger partial charge in [0.15, 0.2) is 23.8 Å². The van der Waals surface area contributed by atoms with E-state index < -0.39 is 84.6 Å². The number of amides is 2. The Hall–Kier alpha value is -2.60. The Morgan fingerprint density at radius 3 is 2.01 bits per heavy atom. The largest absolute Gasteiger partial charge is 0.481 e. The molecule has 1 fully saturated rings. The van der Waals surface area contributed by atoms with Crippen molar-refractivity contribution in [2.24, 2.45) is 5.41 Å². The van der Waals surface area contributed by atoms with E-state index in [1.165, 1.54) is 71.6 Å². The lowest BCUT2D eigenvalue weighted by Gasteiger charge is -2.33. The smallest absolute Gasteiger partial charge is 0.452 e. The van der Waals surface area contributed by atoms with Crippen LogP contribution in [-0.2, 0) is 55.4 Å². The molecule has 2 unspecified atom stereocenters. The van der Waals surface area contributed by atoms with Crippen LogP contribution < -0.4 is 16.4 Å². The number of carbonyl (C=O) groups is 3. The summed E-state index contributed by atoms with van der Waals surface area (Å²) >= 11 is 4.04. The highest BCUT2D eigenvalue weighted by Crippen LogP contribution is 2.61. The van der Waals surface area contributed by atoms with E-state index in [4.69, 9.17) is 28.8 Å². The van der Waals surface area contributed by atoms with Crippen molar-refractivity contribution in [1.82, 2.24) is 30.2 Å². The molecule has 0 aliphatic carbocycles. The van der Waals surface area contributed by atoms with Crippen molar-refractivity contribution >= 4 is 70.9 Å². The number of carbonyl (C=O) groups excluding carboxylic acids is 3. The van der Waals surface area contributed by atoms with E-state index in [9.17, 15) is 52.8 Å². The quantitative estimate of drug-likeness (QED) is 0.0187. The summed E-state index contributed by atoms with van der Waals surface area (Å²) in [6, 6.07) is 0. The fourth-order valence-electron chi connectivity index (χ4n) is 7.17. The number of aliphatic hydroxyl groups excluding tert-OH is 1. The first-order valence-corrected chi connectivity index (χ1v) is 27.8. The minimum Gasteiger partial charge on any atom is -0.452 e. The molecule has 7 atom stereocenters. The molecule has 0 aromatic carbocycles. The number of phosphoric acid groups is 3. The molecular weight excluding hydrogens is 963 g/mol. The summed E-state index contributed by atoms with van der Waals surface area (Å²) in [4.78, 5) is 90.5. The van der Waals surface area contributed by atoms with E-state index in [2.05, 4.69) is 49.4 Å². The van der Waals surface area contributed by atoms with Crippen LogP contribution in [-0.4, -0.2) is 118 Å². The Balaban J connectivity index is 1.56. The summed E-state index contributed by atoms with van der Waals surface area (Å²) in [7, 11) is -16.5. The van der Waals surface area contributed by atoms with Gasteiger partial charge >= 0.3 is 29.4 Å². The predicted molar refractivity (Wildman–Crippen MR) is 247 cm³/mol. The van der Waals surface area contributed by atoms with Gasteiger partial charge in [-0.25, -0.2) is 28.6 Å². The van der Waals surface area contributed by atoms with Crippen LogP contribution >= 0.6 is 36.1 Å². The summed E-state index contributed by atoms with van der Waals surface area (Å²) in [6.07, 6.45) is 10.3. The highest BCUT2D eigenvalue weighted by atomic mass is 32.1. The van der Waals surface area contributed by atoms with Crippen LogP contribution in [0.4, 0.5) is 5.82 Å². The predicted octanol–water partition coefficient (Wildman–Crippen LogP) is 5.15. The van der Waals surface area contributed by atoms with Gasteiger partial charge in [0, 0.05) is 37.1 Å². The normalized spacial score (nSPS) is 20.0. The van der Waals surface area contributed by atoms with Crippen LogP contribution in [0, 0.1) is 5.41 Å². The topological polar surface area (TPSA) is 353 Å². The first-order chi connectivity index (χ1) is 31.6. The number of nitrogens with zero attached hydrogens (tertiary/aromatic N) is 4. The third-order valence-electron chi connectivity index (χ3n) is 10.7. The van der Waals surface area contributed by atoms with E-state index in [1.807, 2.05) is 0 Å². The van der Waals surface area contributed by atoms with Crippen LogP contribution in [0.25, 0.3) is 11.2 Å². The molecule has 3 rings (SSSR count). The number of phosphoric ester groups is 3. The van der Waals surface area contributed by atoms with Crippen LogP contribution in [0.5, 0.6) is 0 Å². The van der Waals surface area contributed by atoms with Crippen molar-refractivity contribution < 1.29 is 80.1 Å². The van der Waals surface area contributed by atoms with Crippen LogP contribution in [0.3, 0.4) is 0 Å². The number of anilines is 1. The molecule has 2 aromatic rings. The molecule has 1 aliphatic heterocycles. The standard InChI is InChI=1S/C39H70N7O17P3S/c1-4-5-6-7-8-9-10-11-12-13-14-15-16-17-18-19-30(48)61-34(37(50)42-21-20-29(47)41-22-23-67)39(2,3)25-59-66(56,57)63-65(54,55)58-24-28-33(62-64(51,52)53)32(49)38(60-28)46-27-45-31-35(40)43-26-44-36(31)46/h26-28,32-34,38,49,67H,4-25H2,1-3H3,(H,41,47)(H,42,50)(H,54,55)(H,56,57)(H2,40,43,44)(H2,51,52,53)/t28-,32-,33-,34+,38-/m1/s1. The number of aliphatic hydroxyl groups is 1. The van der Waals surface area contributed by atoms with Crippen molar-refractivity contribution in [3.63, 3.8) is 0 Å². The molecule has 2 aromatic heterocycles. The van der Waals surface area contributed by atoms with Gasteiger partial charge in [-0.15, -0.1) is 0 Å². The number of aromatic nitrogens is 4. The summed E-state index contributed by atoms with van der Waals surface area (Å²) in [6.45, 7) is 3.08. The monoisotopic (exact) mass is 1030 g/mol. The zero-order valence-corrected chi connectivity index (χ0v) is 42.0. The molecular formula is C39H70N7O17P3S. The second-order valence-electron chi connectivity index (χ2n) is 17.0. The highest BCUT2D eigenvalue weighted by molar-refractivity contribution is 7.80. The van der Waals surface area contributed by atoms with Crippen molar-refractivity contribution in [1.29, 1.82) is 0 Å². The van der Waals surface area contributed by atoms with Gasteiger partial charge in [0.1, 0.15) is 30.2 Å². The average molecular weight is 1030 g/mol.